The third-order valence-corrected chi connectivity index (χ3v) is 5.45. The minimum absolute atomic E-state index is 0.114. The van der Waals surface area contributed by atoms with Crippen LogP contribution in [-0.2, 0) is 10.8 Å². The smallest absolute Gasteiger partial charge is 0.115 e. The minimum Gasteiger partial charge on any atom is -0.508 e. The van der Waals surface area contributed by atoms with E-state index in [2.05, 4.69) is 66.7 Å². The highest BCUT2D eigenvalue weighted by Gasteiger charge is 2.25. The van der Waals surface area contributed by atoms with Gasteiger partial charge in [-0.1, -0.05) is 71.9 Å². The second kappa shape index (κ2) is 7.26. The van der Waals surface area contributed by atoms with Crippen LogP contribution >= 0.6 is 0 Å². The van der Waals surface area contributed by atoms with Gasteiger partial charge in [0.05, 0.1) is 0 Å². The Morgan fingerprint density at radius 1 is 0.586 bits per heavy atom. The molecule has 0 aromatic heterocycles. The van der Waals surface area contributed by atoms with Crippen LogP contribution in [0.1, 0.15) is 58.2 Å². The van der Waals surface area contributed by atoms with Gasteiger partial charge in [-0.15, -0.1) is 0 Å². The number of aryl methyl sites for hydroxylation is 1. The van der Waals surface area contributed by atoms with Crippen LogP contribution in [0.25, 0.3) is 22.3 Å². The van der Waals surface area contributed by atoms with Gasteiger partial charge in [0.1, 0.15) is 11.5 Å². The number of phenolic OH excluding ortho intramolecular Hbond substituents is 2. The van der Waals surface area contributed by atoms with Gasteiger partial charge in [-0.05, 0) is 81.0 Å². The number of phenols is 2. The van der Waals surface area contributed by atoms with Gasteiger partial charge in [-0.2, -0.15) is 0 Å². The van der Waals surface area contributed by atoms with Crippen molar-refractivity contribution in [3.8, 4) is 33.8 Å². The number of hydrogen-bond donors (Lipinski definition) is 2. The summed E-state index contributed by atoms with van der Waals surface area (Å²) in [6.07, 6.45) is 0. The van der Waals surface area contributed by atoms with Crippen LogP contribution in [0.2, 0.25) is 0 Å². The van der Waals surface area contributed by atoms with Gasteiger partial charge < -0.3 is 10.2 Å². The largest absolute Gasteiger partial charge is 0.508 e. The maximum absolute atomic E-state index is 10.2. The Morgan fingerprint density at radius 2 is 1.07 bits per heavy atom. The summed E-state index contributed by atoms with van der Waals surface area (Å²) >= 11 is 0. The highest BCUT2D eigenvalue weighted by Crippen LogP contribution is 2.44. The van der Waals surface area contributed by atoms with Crippen LogP contribution in [0.3, 0.4) is 0 Å². The molecule has 0 atom stereocenters. The highest BCUT2D eigenvalue weighted by molar-refractivity contribution is 5.89. The molecule has 0 aliphatic rings. The van der Waals surface area contributed by atoms with Crippen molar-refractivity contribution in [1.82, 2.24) is 0 Å². The normalized spacial score (nSPS) is 12.2. The number of benzene rings is 3. The van der Waals surface area contributed by atoms with Crippen LogP contribution in [-0.4, -0.2) is 10.2 Å². The number of rotatable bonds is 2. The zero-order chi connectivity index (χ0) is 21.6. The topological polar surface area (TPSA) is 40.5 Å². The summed E-state index contributed by atoms with van der Waals surface area (Å²) in [4.78, 5) is 0. The predicted molar refractivity (Wildman–Crippen MR) is 123 cm³/mol. The minimum atomic E-state index is -0.116. The van der Waals surface area contributed by atoms with E-state index in [1.54, 1.807) is 12.1 Å². The molecule has 2 heteroatoms. The van der Waals surface area contributed by atoms with E-state index in [9.17, 15) is 10.2 Å². The first kappa shape index (κ1) is 21.0. The van der Waals surface area contributed by atoms with E-state index < -0.39 is 0 Å². The number of aromatic hydroxyl groups is 2. The van der Waals surface area contributed by atoms with Crippen LogP contribution in [0.5, 0.6) is 11.5 Å². The lowest BCUT2D eigenvalue weighted by Gasteiger charge is -2.28. The van der Waals surface area contributed by atoms with Crippen LogP contribution < -0.4 is 0 Å². The molecule has 0 aliphatic heterocycles. The summed E-state index contributed by atoms with van der Waals surface area (Å²) in [6, 6.07) is 17.7. The lowest BCUT2D eigenvalue weighted by Crippen LogP contribution is -2.14. The Morgan fingerprint density at radius 3 is 1.59 bits per heavy atom. The molecule has 0 fully saturated rings. The fourth-order valence-corrected chi connectivity index (χ4v) is 4.01. The van der Waals surface area contributed by atoms with Crippen molar-refractivity contribution >= 4 is 0 Å². The summed E-state index contributed by atoms with van der Waals surface area (Å²) in [6.45, 7) is 15.2. The number of hydrogen-bond acceptors (Lipinski definition) is 2. The molecule has 0 amide bonds. The average Bonchev–Trinajstić information content (AvgIpc) is 2.60. The van der Waals surface area contributed by atoms with E-state index in [1.807, 2.05) is 24.3 Å². The molecule has 2 N–H and O–H groups in total. The van der Waals surface area contributed by atoms with Crippen molar-refractivity contribution in [2.45, 2.75) is 59.3 Å². The second-order valence-corrected chi connectivity index (χ2v) is 9.96. The van der Waals surface area contributed by atoms with Gasteiger partial charge in [-0.3, -0.25) is 0 Å². The van der Waals surface area contributed by atoms with Gasteiger partial charge in [0.2, 0.25) is 0 Å². The summed E-state index contributed by atoms with van der Waals surface area (Å²) in [5.74, 6) is 0.571. The second-order valence-electron chi connectivity index (χ2n) is 9.96. The van der Waals surface area contributed by atoms with Gasteiger partial charge in [0.25, 0.3) is 0 Å². The molecule has 29 heavy (non-hydrogen) atoms. The van der Waals surface area contributed by atoms with Crippen molar-refractivity contribution in [2.75, 3.05) is 0 Å². The average molecular weight is 389 g/mol. The van der Waals surface area contributed by atoms with E-state index in [-0.39, 0.29) is 22.3 Å². The monoisotopic (exact) mass is 388 g/mol. The van der Waals surface area contributed by atoms with Crippen LogP contribution in [0.4, 0.5) is 0 Å². The Hall–Kier alpha value is -2.74. The van der Waals surface area contributed by atoms with Gasteiger partial charge in [0, 0.05) is 0 Å². The van der Waals surface area contributed by atoms with E-state index in [0.29, 0.717) is 0 Å². The highest BCUT2D eigenvalue weighted by atomic mass is 16.3. The first-order chi connectivity index (χ1) is 13.4. The van der Waals surface area contributed by atoms with E-state index >= 15 is 0 Å². The summed E-state index contributed by atoms with van der Waals surface area (Å²) in [7, 11) is 0. The van der Waals surface area contributed by atoms with Crippen molar-refractivity contribution in [2.24, 2.45) is 0 Å². The molecule has 3 rings (SSSR count). The Balaban J connectivity index is 2.39. The zero-order valence-corrected chi connectivity index (χ0v) is 18.6. The molecule has 0 saturated carbocycles. The summed E-state index contributed by atoms with van der Waals surface area (Å²) in [5, 5.41) is 20.3. The van der Waals surface area contributed by atoms with Crippen LogP contribution in [0.15, 0.2) is 54.6 Å². The predicted octanol–water partition coefficient (Wildman–Crippen LogP) is 7.34. The van der Waals surface area contributed by atoms with E-state index in [4.69, 9.17) is 0 Å². The third kappa shape index (κ3) is 4.17. The molecule has 0 saturated heterocycles. The molecule has 3 aromatic carbocycles. The van der Waals surface area contributed by atoms with E-state index in [0.717, 1.165) is 27.8 Å². The van der Waals surface area contributed by atoms with Gasteiger partial charge in [-0.25, -0.2) is 0 Å². The van der Waals surface area contributed by atoms with Gasteiger partial charge in [0.15, 0.2) is 0 Å². The summed E-state index contributed by atoms with van der Waals surface area (Å²) < 4.78 is 0. The molecule has 0 unspecified atom stereocenters. The maximum Gasteiger partial charge on any atom is 0.115 e. The first-order valence-electron chi connectivity index (χ1n) is 10.2. The Kier molecular flexibility index (Phi) is 5.25. The van der Waals surface area contributed by atoms with Crippen molar-refractivity contribution in [3.05, 3.63) is 71.3 Å². The summed E-state index contributed by atoms with van der Waals surface area (Å²) in [5.41, 5.74) is 7.76. The van der Waals surface area contributed by atoms with Crippen LogP contribution in [0, 0.1) is 6.92 Å². The zero-order valence-electron chi connectivity index (χ0n) is 18.6. The Bertz CT molecular complexity index is 1050. The molecule has 152 valence electrons. The molecule has 0 bridgehead atoms. The lowest BCUT2D eigenvalue weighted by molar-refractivity contribution is 0.470. The van der Waals surface area contributed by atoms with Crippen molar-refractivity contribution < 1.29 is 10.2 Å². The molecule has 0 radical (unpaired) electrons. The van der Waals surface area contributed by atoms with Gasteiger partial charge >= 0.3 is 0 Å². The van der Waals surface area contributed by atoms with Crippen molar-refractivity contribution in [1.29, 1.82) is 0 Å². The maximum atomic E-state index is 10.2. The lowest BCUT2D eigenvalue weighted by atomic mass is 9.76. The Labute approximate surface area is 174 Å². The molecule has 0 aliphatic carbocycles. The fraction of sp³-hybridized carbons (Fsp3) is 0.333. The molecule has 2 nitrogen and oxygen atoms in total. The molecule has 3 aromatic rings. The van der Waals surface area contributed by atoms with Crippen molar-refractivity contribution in [3.63, 3.8) is 0 Å². The molecular weight excluding hydrogens is 356 g/mol. The molecule has 0 spiro atoms. The third-order valence-electron chi connectivity index (χ3n) is 5.45. The molecule has 0 heterocycles. The quantitative estimate of drug-likeness (QED) is 0.482. The first-order valence-corrected chi connectivity index (χ1v) is 10.2. The SMILES string of the molecule is Cc1cccc(-c2ccc(O)cc2C(C)(C)C)c1-c1ccc(O)cc1C(C)(C)C. The van der Waals surface area contributed by atoms with E-state index in [1.165, 1.54) is 11.1 Å². The fourth-order valence-electron chi connectivity index (χ4n) is 4.01. The standard InChI is InChI=1S/C27H32O2/c1-17-9-8-10-21(20-13-11-18(28)15-23(20)26(2,3)4)25(17)22-14-12-19(29)16-24(22)27(5,6)7/h8-16,28-29H,1-7H3. The molecular formula is C27H32O2.